The molecular formula is C10H13N3O2. The van der Waals surface area contributed by atoms with E-state index < -0.39 is 0 Å². The quantitative estimate of drug-likeness (QED) is 0.701. The normalized spacial score (nSPS) is 15.1. The predicted octanol–water partition coefficient (Wildman–Crippen LogP) is -0.0667. The van der Waals surface area contributed by atoms with Crippen LogP contribution in [0, 0.1) is 0 Å². The summed E-state index contributed by atoms with van der Waals surface area (Å²) in [7, 11) is 3.34. The second-order valence-corrected chi connectivity index (χ2v) is 3.61. The first kappa shape index (κ1) is 9.76. The minimum atomic E-state index is -0.160. The Morgan fingerprint density at radius 3 is 2.87 bits per heavy atom. The monoisotopic (exact) mass is 207 g/mol. The molecule has 1 aliphatic rings. The van der Waals surface area contributed by atoms with Gasteiger partial charge in [0.2, 0.25) is 0 Å². The van der Waals surface area contributed by atoms with Gasteiger partial charge in [0.05, 0.1) is 5.56 Å². The van der Waals surface area contributed by atoms with Gasteiger partial charge in [-0.1, -0.05) is 0 Å². The van der Waals surface area contributed by atoms with Gasteiger partial charge in [0.25, 0.3) is 11.8 Å². The zero-order valence-corrected chi connectivity index (χ0v) is 8.78. The van der Waals surface area contributed by atoms with Gasteiger partial charge in [-0.15, -0.1) is 0 Å². The van der Waals surface area contributed by atoms with Crippen molar-refractivity contribution in [2.45, 2.75) is 6.54 Å². The zero-order valence-electron chi connectivity index (χ0n) is 8.78. The molecule has 1 N–H and O–H groups in total. The van der Waals surface area contributed by atoms with Crippen molar-refractivity contribution in [2.75, 3.05) is 20.6 Å². The Kier molecular flexibility index (Phi) is 2.22. The van der Waals surface area contributed by atoms with Crippen LogP contribution in [0.5, 0.6) is 0 Å². The molecule has 0 saturated heterocycles. The summed E-state index contributed by atoms with van der Waals surface area (Å²) in [4.78, 5) is 24.7. The summed E-state index contributed by atoms with van der Waals surface area (Å²) in [5.41, 5.74) is 1.12. The van der Waals surface area contributed by atoms with E-state index in [1.165, 1.54) is 0 Å². The molecule has 0 aliphatic carbocycles. The van der Waals surface area contributed by atoms with Gasteiger partial charge >= 0.3 is 0 Å². The molecule has 1 aromatic heterocycles. The third-order valence-corrected chi connectivity index (χ3v) is 2.63. The van der Waals surface area contributed by atoms with Gasteiger partial charge in [-0.3, -0.25) is 9.59 Å². The Hall–Kier alpha value is -1.78. The molecule has 0 bridgehead atoms. The molecule has 0 spiro atoms. The van der Waals surface area contributed by atoms with Crippen LogP contribution in [-0.4, -0.2) is 41.9 Å². The molecule has 1 aliphatic heterocycles. The van der Waals surface area contributed by atoms with Crippen molar-refractivity contribution in [1.29, 1.82) is 0 Å². The molecule has 2 amide bonds. The lowest BCUT2D eigenvalue weighted by Gasteiger charge is -2.24. The first-order chi connectivity index (χ1) is 7.13. The van der Waals surface area contributed by atoms with E-state index in [4.69, 9.17) is 0 Å². The molecular weight excluding hydrogens is 194 g/mol. The van der Waals surface area contributed by atoms with E-state index in [1.54, 1.807) is 31.3 Å². The number of hydrogen-bond acceptors (Lipinski definition) is 2. The van der Waals surface area contributed by atoms with Crippen molar-refractivity contribution in [3.8, 4) is 0 Å². The van der Waals surface area contributed by atoms with E-state index in [1.807, 2.05) is 4.57 Å². The molecule has 1 aromatic rings. The summed E-state index contributed by atoms with van der Waals surface area (Å²) in [6, 6.07) is 1.64. The summed E-state index contributed by atoms with van der Waals surface area (Å²) in [6.07, 6.45) is 1.72. The van der Waals surface area contributed by atoms with Crippen LogP contribution in [0.2, 0.25) is 0 Å². The Bertz CT molecular complexity index is 422. The lowest BCUT2D eigenvalue weighted by atomic mass is 10.2. The molecule has 2 rings (SSSR count). The van der Waals surface area contributed by atoms with Crippen molar-refractivity contribution >= 4 is 11.8 Å². The molecule has 0 atom stereocenters. The summed E-state index contributed by atoms with van der Waals surface area (Å²) < 4.78 is 1.83. The lowest BCUT2D eigenvalue weighted by Crippen LogP contribution is -2.36. The maximum atomic E-state index is 11.7. The third-order valence-electron chi connectivity index (χ3n) is 2.63. The van der Waals surface area contributed by atoms with Gasteiger partial charge in [-0.25, -0.2) is 0 Å². The van der Waals surface area contributed by atoms with Gasteiger partial charge in [0.15, 0.2) is 0 Å². The van der Waals surface area contributed by atoms with Crippen LogP contribution in [0.1, 0.15) is 20.8 Å². The SMILES string of the molecule is CNC(=O)c1cc2n(c1)CCN(C)C2=O. The Balaban J connectivity index is 2.39. The van der Waals surface area contributed by atoms with Crippen LogP contribution < -0.4 is 5.32 Å². The molecule has 80 valence electrons. The minimum absolute atomic E-state index is 0.0311. The zero-order chi connectivity index (χ0) is 11.0. The second-order valence-electron chi connectivity index (χ2n) is 3.61. The summed E-state index contributed by atoms with van der Waals surface area (Å²) in [5, 5.41) is 2.54. The van der Waals surface area contributed by atoms with Crippen LogP contribution in [-0.2, 0) is 6.54 Å². The van der Waals surface area contributed by atoms with E-state index >= 15 is 0 Å². The number of fused-ring (bicyclic) bond motifs is 1. The first-order valence-electron chi connectivity index (χ1n) is 4.81. The predicted molar refractivity (Wildman–Crippen MR) is 54.8 cm³/mol. The highest BCUT2D eigenvalue weighted by Gasteiger charge is 2.23. The van der Waals surface area contributed by atoms with Gasteiger partial charge in [0.1, 0.15) is 5.69 Å². The number of nitrogens with one attached hydrogen (secondary N) is 1. The lowest BCUT2D eigenvalue weighted by molar-refractivity contribution is 0.0749. The van der Waals surface area contributed by atoms with Crippen molar-refractivity contribution in [3.63, 3.8) is 0 Å². The average Bonchev–Trinajstić information content (AvgIpc) is 2.67. The Morgan fingerprint density at radius 2 is 2.20 bits per heavy atom. The molecule has 5 nitrogen and oxygen atoms in total. The van der Waals surface area contributed by atoms with Gasteiger partial charge in [0, 0.05) is 33.4 Å². The fourth-order valence-corrected chi connectivity index (χ4v) is 1.70. The first-order valence-corrected chi connectivity index (χ1v) is 4.81. The number of carbonyl (C=O) groups is 2. The molecule has 15 heavy (non-hydrogen) atoms. The maximum absolute atomic E-state index is 11.7. The maximum Gasteiger partial charge on any atom is 0.270 e. The number of rotatable bonds is 1. The second kappa shape index (κ2) is 3.42. The number of aromatic nitrogens is 1. The molecule has 0 unspecified atom stereocenters. The van der Waals surface area contributed by atoms with Crippen molar-refractivity contribution < 1.29 is 9.59 Å². The van der Waals surface area contributed by atoms with Crippen LogP contribution in [0.15, 0.2) is 12.3 Å². The molecule has 2 heterocycles. The van der Waals surface area contributed by atoms with E-state index in [0.29, 0.717) is 17.8 Å². The Morgan fingerprint density at radius 1 is 1.47 bits per heavy atom. The molecule has 0 radical (unpaired) electrons. The Labute approximate surface area is 87.7 Å². The highest BCUT2D eigenvalue weighted by molar-refractivity contribution is 5.99. The summed E-state index contributed by atoms with van der Waals surface area (Å²) >= 11 is 0. The molecule has 0 fully saturated rings. The van der Waals surface area contributed by atoms with E-state index in [9.17, 15) is 9.59 Å². The van der Waals surface area contributed by atoms with E-state index in [2.05, 4.69) is 5.32 Å². The summed E-state index contributed by atoms with van der Waals surface area (Å²) in [6.45, 7) is 1.43. The van der Waals surface area contributed by atoms with Crippen LogP contribution >= 0.6 is 0 Å². The number of amides is 2. The fourth-order valence-electron chi connectivity index (χ4n) is 1.70. The van der Waals surface area contributed by atoms with E-state index in [-0.39, 0.29) is 11.8 Å². The molecule has 5 heteroatoms. The highest BCUT2D eigenvalue weighted by atomic mass is 16.2. The summed E-state index contributed by atoms with van der Waals surface area (Å²) in [5.74, 6) is -0.191. The van der Waals surface area contributed by atoms with Gasteiger partial charge < -0.3 is 14.8 Å². The van der Waals surface area contributed by atoms with Crippen LogP contribution in [0.25, 0.3) is 0 Å². The third kappa shape index (κ3) is 1.49. The largest absolute Gasteiger partial charge is 0.355 e. The number of likely N-dealkylation sites (N-methyl/N-ethyl adjacent to an activating group) is 1. The highest BCUT2D eigenvalue weighted by Crippen LogP contribution is 2.15. The van der Waals surface area contributed by atoms with Crippen molar-refractivity contribution in [1.82, 2.24) is 14.8 Å². The standard InChI is InChI=1S/C10H13N3O2/c1-11-9(14)7-5-8-10(15)12(2)3-4-13(8)6-7/h5-6H,3-4H2,1-2H3,(H,11,14). The number of nitrogens with zero attached hydrogens (tertiary/aromatic N) is 2. The smallest absolute Gasteiger partial charge is 0.270 e. The van der Waals surface area contributed by atoms with Crippen molar-refractivity contribution in [2.24, 2.45) is 0 Å². The van der Waals surface area contributed by atoms with Crippen LogP contribution in [0.4, 0.5) is 0 Å². The van der Waals surface area contributed by atoms with E-state index in [0.717, 1.165) is 6.54 Å². The topological polar surface area (TPSA) is 54.3 Å². The van der Waals surface area contributed by atoms with Gasteiger partial charge in [-0.05, 0) is 6.07 Å². The minimum Gasteiger partial charge on any atom is -0.355 e. The molecule has 0 aromatic carbocycles. The van der Waals surface area contributed by atoms with Crippen molar-refractivity contribution in [3.05, 3.63) is 23.5 Å². The number of hydrogen-bond donors (Lipinski definition) is 1. The number of carbonyl (C=O) groups excluding carboxylic acids is 2. The van der Waals surface area contributed by atoms with Gasteiger partial charge in [-0.2, -0.15) is 0 Å². The average molecular weight is 207 g/mol. The molecule has 0 saturated carbocycles. The van der Waals surface area contributed by atoms with Crippen LogP contribution in [0.3, 0.4) is 0 Å². The fraction of sp³-hybridized carbons (Fsp3) is 0.400.